The molecule has 0 spiro atoms. The van der Waals surface area contributed by atoms with Gasteiger partial charge in [0.05, 0.1) is 18.3 Å². The second-order valence-electron chi connectivity index (χ2n) is 3.52. The SMILES string of the molecule is N[C@@H](CO)c1cn2c(n1)CCCC2. The molecule has 0 bridgehead atoms. The molecule has 0 aromatic carbocycles. The van der Waals surface area contributed by atoms with Crippen LogP contribution >= 0.6 is 0 Å². The number of aryl methyl sites for hydroxylation is 2. The Morgan fingerprint density at radius 1 is 1.62 bits per heavy atom. The van der Waals surface area contributed by atoms with Gasteiger partial charge in [0.1, 0.15) is 5.82 Å². The van der Waals surface area contributed by atoms with Gasteiger partial charge in [-0.3, -0.25) is 0 Å². The second kappa shape index (κ2) is 3.47. The van der Waals surface area contributed by atoms with Gasteiger partial charge < -0.3 is 15.4 Å². The number of nitrogens with two attached hydrogens (primary N) is 1. The van der Waals surface area contributed by atoms with Crippen molar-refractivity contribution in [3.63, 3.8) is 0 Å². The van der Waals surface area contributed by atoms with Gasteiger partial charge in [0.15, 0.2) is 0 Å². The maximum atomic E-state index is 8.88. The molecule has 1 atom stereocenters. The van der Waals surface area contributed by atoms with E-state index < -0.39 is 0 Å². The van der Waals surface area contributed by atoms with Gasteiger partial charge in [0, 0.05) is 19.2 Å². The van der Waals surface area contributed by atoms with Gasteiger partial charge >= 0.3 is 0 Å². The van der Waals surface area contributed by atoms with Crippen molar-refractivity contribution in [1.29, 1.82) is 0 Å². The summed E-state index contributed by atoms with van der Waals surface area (Å²) >= 11 is 0. The second-order valence-corrected chi connectivity index (χ2v) is 3.52. The fraction of sp³-hybridized carbons (Fsp3) is 0.667. The zero-order valence-corrected chi connectivity index (χ0v) is 7.61. The predicted molar refractivity (Wildman–Crippen MR) is 49.2 cm³/mol. The maximum Gasteiger partial charge on any atom is 0.109 e. The lowest BCUT2D eigenvalue weighted by molar-refractivity contribution is 0.266. The smallest absolute Gasteiger partial charge is 0.109 e. The molecule has 0 unspecified atom stereocenters. The zero-order valence-electron chi connectivity index (χ0n) is 7.61. The largest absolute Gasteiger partial charge is 0.394 e. The summed E-state index contributed by atoms with van der Waals surface area (Å²) in [5.41, 5.74) is 6.50. The molecule has 0 fully saturated rings. The number of nitrogens with zero attached hydrogens (tertiary/aromatic N) is 2. The summed E-state index contributed by atoms with van der Waals surface area (Å²) in [5.74, 6) is 1.12. The molecule has 1 aromatic heterocycles. The number of hydrogen-bond acceptors (Lipinski definition) is 3. The van der Waals surface area contributed by atoms with Crippen LogP contribution in [0.15, 0.2) is 6.20 Å². The minimum absolute atomic E-state index is 0.0313. The van der Waals surface area contributed by atoms with Crippen molar-refractivity contribution in [2.45, 2.75) is 31.8 Å². The van der Waals surface area contributed by atoms with Crippen LogP contribution in [-0.4, -0.2) is 21.3 Å². The van der Waals surface area contributed by atoms with E-state index in [0.29, 0.717) is 0 Å². The van der Waals surface area contributed by atoms with E-state index in [1.54, 1.807) is 0 Å². The van der Waals surface area contributed by atoms with E-state index in [0.717, 1.165) is 24.5 Å². The van der Waals surface area contributed by atoms with Crippen LogP contribution in [-0.2, 0) is 13.0 Å². The van der Waals surface area contributed by atoms with Crippen LogP contribution in [0.2, 0.25) is 0 Å². The third-order valence-electron chi connectivity index (χ3n) is 2.50. The molecule has 13 heavy (non-hydrogen) atoms. The Kier molecular flexibility index (Phi) is 2.33. The van der Waals surface area contributed by atoms with Gasteiger partial charge in [-0.05, 0) is 12.8 Å². The highest BCUT2D eigenvalue weighted by Crippen LogP contribution is 2.17. The monoisotopic (exact) mass is 181 g/mol. The van der Waals surface area contributed by atoms with Crippen LogP contribution in [0.5, 0.6) is 0 Å². The van der Waals surface area contributed by atoms with Gasteiger partial charge in [0.2, 0.25) is 0 Å². The Hall–Kier alpha value is -0.870. The van der Waals surface area contributed by atoms with Gasteiger partial charge in [-0.1, -0.05) is 0 Å². The molecule has 0 amide bonds. The van der Waals surface area contributed by atoms with E-state index >= 15 is 0 Å². The number of aliphatic hydroxyl groups excluding tert-OH is 1. The Balaban J connectivity index is 2.25. The Morgan fingerprint density at radius 2 is 2.46 bits per heavy atom. The molecule has 0 radical (unpaired) electrons. The maximum absolute atomic E-state index is 8.88. The van der Waals surface area contributed by atoms with Crippen LogP contribution in [0.4, 0.5) is 0 Å². The van der Waals surface area contributed by atoms with Gasteiger partial charge in [-0.25, -0.2) is 4.98 Å². The number of fused-ring (bicyclic) bond motifs is 1. The average molecular weight is 181 g/mol. The van der Waals surface area contributed by atoms with Crippen molar-refractivity contribution in [2.24, 2.45) is 5.73 Å². The fourth-order valence-corrected chi connectivity index (χ4v) is 1.71. The van der Waals surface area contributed by atoms with Crippen molar-refractivity contribution < 1.29 is 5.11 Å². The van der Waals surface area contributed by atoms with E-state index in [9.17, 15) is 0 Å². The van der Waals surface area contributed by atoms with Gasteiger partial charge in [-0.15, -0.1) is 0 Å². The summed E-state index contributed by atoms with van der Waals surface area (Å²) < 4.78 is 2.15. The molecule has 0 aliphatic carbocycles. The third kappa shape index (κ3) is 1.59. The first-order valence-corrected chi connectivity index (χ1v) is 4.73. The first-order chi connectivity index (χ1) is 6.31. The van der Waals surface area contributed by atoms with Crippen LogP contribution in [0.25, 0.3) is 0 Å². The fourth-order valence-electron chi connectivity index (χ4n) is 1.71. The molecule has 3 N–H and O–H groups in total. The molecule has 0 saturated carbocycles. The van der Waals surface area contributed by atoms with E-state index in [1.165, 1.54) is 12.8 Å². The van der Waals surface area contributed by atoms with Crippen LogP contribution < -0.4 is 5.73 Å². The van der Waals surface area contributed by atoms with Crippen molar-refractivity contribution >= 4 is 0 Å². The lowest BCUT2D eigenvalue weighted by atomic mass is 10.2. The minimum Gasteiger partial charge on any atom is -0.394 e. The Bertz CT molecular complexity index is 272. The molecular weight excluding hydrogens is 166 g/mol. The number of imidazole rings is 1. The quantitative estimate of drug-likeness (QED) is 0.685. The molecule has 4 nitrogen and oxygen atoms in total. The van der Waals surface area contributed by atoms with Crippen LogP contribution in [0.1, 0.15) is 30.4 Å². The minimum atomic E-state index is -0.321. The van der Waals surface area contributed by atoms with Crippen molar-refractivity contribution in [2.75, 3.05) is 6.61 Å². The predicted octanol–water partition coefficient (Wildman–Crippen LogP) is 0.211. The van der Waals surface area contributed by atoms with Crippen molar-refractivity contribution in [3.05, 3.63) is 17.7 Å². The molecule has 1 aliphatic rings. The van der Waals surface area contributed by atoms with Crippen molar-refractivity contribution in [1.82, 2.24) is 9.55 Å². The molecular formula is C9H15N3O. The van der Waals surface area contributed by atoms with E-state index in [1.807, 2.05) is 6.20 Å². The molecule has 0 saturated heterocycles. The summed E-state index contributed by atoms with van der Waals surface area (Å²) in [4.78, 5) is 4.40. The first kappa shape index (κ1) is 8.72. The molecule has 1 aromatic rings. The lowest BCUT2D eigenvalue weighted by Gasteiger charge is -2.11. The summed E-state index contributed by atoms with van der Waals surface area (Å²) in [6.45, 7) is 1.01. The summed E-state index contributed by atoms with van der Waals surface area (Å²) in [6, 6.07) is -0.321. The Morgan fingerprint density at radius 3 is 3.15 bits per heavy atom. The number of aromatic nitrogens is 2. The van der Waals surface area contributed by atoms with E-state index in [2.05, 4.69) is 9.55 Å². The molecule has 72 valence electrons. The topological polar surface area (TPSA) is 64.1 Å². The van der Waals surface area contributed by atoms with Gasteiger partial charge in [0.25, 0.3) is 0 Å². The highest BCUT2D eigenvalue weighted by molar-refractivity contribution is 5.09. The molecule has 4 heteroatoms. The van der Waals surface area contributed by atoms with E-state index in [-0.39, 0.29) is 12.6 Å². The molecule has 1 aliphatic heterocycles. The third-order valence-corrected chi connectivity index (χ3v) is 2.50. The van der Waals surface area contributed by atoms with Crippen LogP contribution in [0.3, 0.4) is 0 Å². The molecule has 2 heterocycles. The zero-order chi connectivity index (χ0) is 9.26. The van der Waals surface area contributed by atoms with Crippen LogP contribution in [0, 0.1) is 0 Å². The lowest BCUT2D eigenvalue weighted by Crippen LogP contribution is -2.14. The summed E-state index contributed by atoms with van der Waals surface area (Å²) in [5, 5.41) is 8.88. The molecule has 2 rings (SSSR count). The summed E-state index contributed by atoms with van der Waals surface area (Å²) in [6.07, 6.45) is 5.44. The average Bonchev–Trinajstić information content (AvgIpc) is 2.59. The van der Waals surface area contributed by atoms with Crippen molar-refractivity contribution in [3.8, 4) is 0 Å². The standard InChI is InChI=1S/C9H15N3O/c10-7(6-13)8-5-12-4-2-1-3-9(12)11-8/h5,7,13H,1-4,6,10H2/t7-/m0/s1. The number of rotatable bonds is 2. The number of aliphatic hydroxyl groups is 1. The number of hydrogen-bond donors (Lipinski definition) is 2. The van der Waals surface area contributed by atoms with E-state index in [4.69, 9.17) is 10.8 Å². The summed E-state index contributed by atoms with van der Waals surface area (Å²) in [7, 11) is 0. The van der Waals surface area contributed by atoms with Gasteiger partial charge in [-0.2, -0.15) is 0 Å². The Labute approximate surface area is 77.4 Å². The highest BCUT2D eigenvalue weighted by Gasteiger charge is 2.15. The normalized spacial score (nSPS) is 18.3. The first-order valence-electron chi connectivity index (χ1n) is 4.73. The highest BCUT2D eigenvalue weighted by atomic mass is 16.3.